The van der Waals surface area contributed by atoms with E-state index in [2.05, 4.69) is 21.3 Å². The first-order chi connectivity index (χ1) is 24.4. The molecule has 0 heterocycles. The van der Waals surface area contributed by atoms with Gasteiger partial charge in [-0.25, -0.2) is 4.79 Å². The molecule has 0 aliphatic rings. The van der Waals surface area contributed by atoms with E-state index in [4.69, 9.17) is 11.5 Å². The Hall–Kier alpha value is -4.55. The Bertz CT molecular complexity index is 1590. The number of hydrogen-bond acceptors (Lipinski definition) is 7. The number of nitrogens with two attached hydrogens (primary N) is 2. The van der Waals surface area contributed by atoms with Crippen LogP contribution in [0.25, 0.3) is 21.5 Å². The molecule has 3 aromatic carbocycles. The molecular weight excluding hydrogens is 648 g/mol. The van der Waals surface area contributed by atoms with Crippen LogP contribution >= 0.6 is 0 Å². The number of carboxylic acids is 1. The van der Waals surface area contributed by atoms with Crippen LogP contribution in [0.15, 0.2) is 54.6 Å². The minimum Gasteiger partial charge on any atom is -0.480 e. The van der Waals surface area contributed by atoms with Crippen molar-refractivity contribution in [1.82, 2.24) is 21.3 Å². The number of amides is 4. The second kappa shape index (κ2) is 20.3. The van der Waals surface area contributed by atoms with E-state index >= 15 is 0 Å². The summed E-state index contributed by atoms with van der Waals surface area (Å²) in [6.07, 6.45) is 3.28. The second-order valence-corrected chi connectivity index (χ2v) is 14.1. The van der Waals surface area contributed by atoms with Crippen molar-refractivity contribution in [3.8, 4) is 0 Å². The highest BCUT2D eigenvalue weighted by Gasteiger charge is 2.32. The van der Waals surface area contributed by atoms with E-state index in [-0.39, 0.29) is 31.1 Å². The van der Waals surface area contributed by atoms with Gasteiger partial charge in [-0.15, -0.1) is 0 Å². The first kappa shape index (κ1) is 40.9. The predicted molar refractivity (Wildman–Crippen MR) is 201 cm³/mol. The van der Waals surface area contributed by atoms with E-state index in [9.17, 15) is 29.1 Å². The second-order valence-electron chi connectivity index (χ2n) is 14.1. The van der Waals surface area contributed by atoms with Crippen LogP contribution < -0.4 is 32.7 Å². The highest BCUT2D eigenvalue weighted by molar-refractivity contribution is 6.18. The molecule has 4 amide bonds. The largest absolute Gasteiger partial charge is 0.480 e. The van der Waals surface area contributed by atoms with Crippen molar-refractivity contribution >= 4 is 51.1 Å². The van der Waals surface area contributed by atoms with Gasteiger partial charge in [-0.05, 0) is 104 Å². The summed E-state index contributed by atoms with van der Waals surface area (Å²) >= 11 is 0. The number of benzene rings is 3. The summed E-state index contributed by atoms with van der Waals surface area (Å²) in [5, 5.41) is 24.2. The van der Waals surface area contributed by atoms with Crippen molar-refractivity contribution < 1.29 is 29.1 Å². The van der Waals surface area contributed by atoms with Gasteiger partial charge in [0, 0.05) is 0 Å². The molecule has 0 aliphatic carbocycles. The summed E-state index contributed by atoms with van der Waals surface area (Å²) in [7, 11) is 0. The lowest BCUT2D eigenvalue weighted by Crippen LogP contribution is -2.58. The summed E-state index contributed by atoms with van der Waals surface area (Å²) < 4.78 is 0. The molecule has 9 N–H and O–H groups in total. The monoisotopic (exact) mass is 704 g/mol. The number of rotatable bonds is 21. The summed E-state index contributed by atoms with van der Waals surface area (Å²) in [6, 6.07) is 13.1. The fourth-order valence-electron chi connectivity index (χ4n) is 6.22. The molecule has 12 nitrogen and oxygen atoms in total. The third kappa shape index (κ3) is 12.3. The fraction of sp³-hybridized carbons (Fsp3) is 0.513. The van der Waals surface area contributed by atoms with Crippen molar-refractivity contribution in [1.29, 1.82) is 0 Å². The predicted octanol–water partition coefficient (Wildman–Crippen LogP) is 3.98. The Morgan fingerprint density at radius 2 is 1.00 bits per heavy atom. The molecule has 3 aromatic rings. The van der Waals surface area contributed by atoms with Gasteiger partial charge in [-0.1, -0.05) is 76.2 Å². The summed E-state index contributed by atoms with van der Waals surface area (Å²) in [5.74, 6) is -3.26. The third-order valence-electron chi connectivity index (χ3n) is 8.81. The normalized spacial score (nSPS) is 13.8. The molecule has 0 unspecified atom stereocenters. The van der Waals surface area contributed by atoms with Crippen LogP contribution in [0, 0.1) is 11.8 Å². The summed E-state index contributed by atoms with van der Waals surface area (Å²) in [4.78, 5) is 67.1. The lowest BCUT2D eigenvalue weighted by Gasteiger charge is -2.27. The van der Waals surface area contributed by atoms with Crippen LogP contribution in [-0.4, -0.2) is 72.0 Å². The topological polar surface area (TPSA) is 206 Å². The van der Waals surface area contributed by atoms with E-state index in [1.807, 2.05) is 82.3 Å². The number of nitrogens with one attached hydrogen (secondary N) is 4. The van der Waals surface area contributed by atoms with E-state index < -0.39 is 53.8 Å². The minimum atomic E-state index is -1.17. The van der Waals surface area contributed by atoms with Gasteiger partial charge in [0.05, 0.1) is 5.56 Å². The van der Waals surface area contributed by atoms with Crippen LogP contribution in [0.1, 0.15) is 89.4 Å². The van der Waals surface area contributed by atoms with Crippen molar-refractivity contribution in [2.24, 2.45) is 23.3 Å². The maximum absolute atomic E-state index is 14.1. The number of aliphatic carboxylic acids is 1. The zero-order chi connectivity index (χ0) is 37.5. The number of hydrogen-bond donors (Lipinski definition) is 7. The minimum absolute atomic E-state index is 0.00955. The molecule has 0 aliphatic heterocycles. The Morgan fingerprint density at radius 3 is 1.47 bits per heavy atom. The van der Waals surface area contributed by atoms with Gasteiger partial charge >= 0.3 is 5.97 Å². The first-order valence-electron chi connectivity index (χ1n) is 18.1. The van der Waals surface area contributed by atoms with E-state index in [0.29, 0.717) is 50.8 Å². The Labute approximate surface area is 300 Å². The van der Waals surface area contributed by atoms with Crippen molar-refractivity contribution in [3.05, 3.63) is 60.2 Å². The Kier molecular flexibility index (Phi) is 16.3. The van der Waals surface area contributed by atoms with Crippen molar-refractivity contribution in [2.45, 2.75) is 103 Å². The molecule has 12 heteroatoms. The molecule has 0 radical (unpaired) electrons. The average Bonchev–Trinajstić information content (AvgIpc) is 3.08. The molecule has 0 fully saturated rings. The smallest absolute Gasteiger partial charge is 0.326 e. The Morgan fingerprint density at radius 1 is 0.588 bits per heavy atom. The van der Waals surface area contributed by atoms with E-state index in [1.165, 1.54) is 0 Å². The molecule has 278 valence electrons. The highest BCUT2D eigenvalue weighted by Crippen LogP contribution is 2.28. The van der Waals surface area contributed by atoms with Gasteiger partial charge in [0.1, 0.15) is 24.2 Å². The zero-order valence-corrected chi connectivity index (χ0v) is 30.4. The van der Waals surface area contributed by atoms with Crippen molar-refractivity contribution in [2.75, 3.05) is 13.1 Å². The van der Waals surface area contributed by atoms with Crippen LogP contribution in [0.4, 0.5) is 0 Å². The highest BCUT2D eigenvalue weighted by atomic mass is 16.4. The van der Waals surface area contributed by atoms with Crippen LogP contribution in [0.3, 0.4) is 0 Å². The number of fused-ring (bicyclic) bond motifs is 2. The number of carboxylic acid groups (broad SMARTS) is 1. The molecular formula is C39H56N6O6. The quantitative estimate of drug-likeness (QED) is 0.0636. The van der Waals surface area contributed by atoms with Gasteiger partial charge in [0.15, 0.2) is 0 Å². The van der Waals surface area contributed by atoms with E-state index in [0.717, 1.165) is 21.5 Å². The summed E-state index contributed by atoms with van der Waals surface area (Å²) in [6.45, 7) is 8.52. The maximum Gasteiger partial charge on any atom is 0.326 e. The molecule has 3 rings (SSSR count). The van der Waals surface area contributed by atoms with Crippen LogP contribution in [0.5, 0.6) is 0 Å². The van der Waals surface area contributed by atoms with Crippen molar-refractivity contribution in [3.63, 3.8) is 0 Å². The van der Waals surface area contributed by atoms with E-state index in [1.54, 1.807) is 0 Å². The molecule has 0 bridgehead atoms. The molecule has 0 aromatic heterocycles. The van der Waals surface area contributed by atoms with Gasteiger partial charge in [0.25, 0.3) is 5.91 Å². The molecule has 0 saturated heterocycles. The summed E-state index contributed by atoms with van der Waals surface area (Å²) in [5.41, 5.74) is 11.7. The Balaban J connectivity index is 1.85. The average molecular weight is 705 g/mol. The van der Waals surface area contributed by atoms with Gasteiger partial charge in [0.2, 0.25) is 17.7 Å². The van der Waals surface area contributed by atoms with Gasteiger partial charge in [-0.2, -0.15) is 0 Å². The molecule has 0 spiro atoms. The number of unbranched alkanes of at least 4 members (excludes halogenated alkanes) is 2. The van der Waals surface area contributed by atoms with Gasteiger partial charge in [-0.3, -0.25) is 19.2 Å². The molecule has 51 heavy (non-hydrogen) atoms. The molecule has 4 atom stereocenters. The maximum atomic E-state index is 14.1. The van der Waals surface area contributed by atoms with Crippen LogP contribution in [0.2, 0.25) is 0 Å². The SMILES string of the molecule is CC(C)C[C@H](NC(=O)c1c2ccccc2cc2ccccc12)C(=O)N[C@@H](CC(C)C)C(=O)N[C@@H](CCCCN)C(=O)N[C@@H](CCCCN)C(=O)O. The number of carbonyl (C=O) groups excluding carboxylic acids is 4. The fourth-order valence-corrected chi connectivity index (χ4v) is 6.22. The van der Waals surface area contributed by atoms with Crippen LogP contribution in [-0.2, 0) is 19.2 Å². The molecule has 0 saturated carbocycles. The lowest BCUT2D eigenvalue weighted by molar-refractivity contribution is -0.142. The first-order valence-corrected chi connectivity index (χ1v) is 18.1. The number of carbonyl (C=O) groups is 5. The lowest BCUT2D eigenvalue weighted by atomic mass is 9.95. The third-order valence-corrected chi connectivity index (χ3v) is 8.81. The zero-order valence-electron chi connectivity index (χ0n) is 30.4. The van der Waals surface area contributed by atoms with Gasteiger partial charge < -0.3 is 37.8 Å². The standard InChI is InChI=1S/C39H56N6O6/c1-24(2)21-32(36(47)42-30(17-9-11-19-40)35(46)43-31(39(50)51)18-10-12-20-41)44-37(48)33(22-25(3)4)45-38(49)34-28-15-7-5-13-26(28)23-27-14-6-8-16-29(27)34/h5-8,13-16,23-25,30-33H,9-12,17-22,40-41H2,1-4H3,(H,42,47)(H,43,46)(H,44,48)(H,45,49)(H,50,51)/t30-,31-,32-,33-/m0/s1.